The van der Waals surface area contributed by atoms with Crippen LogP contribution in [-0.2, 0) is 0 Å². The topological polar surface area (TPSA) is 29.1 Å². The number of amides is 1. The van der Waals surface area contributed by atoms with Crippen LogP contribution in [0.15, 0.2) is 12.2 Å². The third-order valence-electron chi connectivity index (χ3n) is 0.607. The molecule has 0 aliphatic heterocycles. The summed E-state index contributed by atoms with van der Waals surface area (Å²) in [5.41, 5.74) is 0. The monoisotopic (exact) mass is 131 g/mol. The molecule has 0 atom stereocenters. The van der Waals surface area contributed by atoms with Crippen molar-refractivity contribution >= 4 is 17.9 Å². The minimum absolute atomic E-state index is 0.289. The van der Waals surface area contributed by atoms with Gasteiger partial charge >= 0.3 is 0 Å². The van der Waals surface area contributed by atoms with Gasteiger partial charge in [-0.1, -0.05) is 24.8 Å². The SMILES string of the molecule is C/C=C/CNC(=O)S. The van der Waals surface area contributed by atoms with Crippen LogP contribution in [0.1, 0.15) is 6.92 Å². The van der Waals surface area contributed by atoms with E-state index in [9.17, 15) is 4.79 Å². The van der Waals surface area contributed by atoms with E-state index in [-0.39, 0.29) is 5.24 Å². The minimum atomic E-state index is -0.289. The van der Waals surface area contributed by atoms with E-state index in [0.717, 1.165) is 0 Å². The van der Waals surface area contributed by atoms with Gasteiger partial charge in [-0.05, 0) is 6.92 Å². The van der Waals surface area contributed by atoms with Crippen molar-refractivity contribution in [1.29, 1.82) is 0 Å². The fraction of sp³-hybridized carbons (Fsp3) is 0.400. The summed E-state index contributed by atoms with van der Waals surface area (Å²) >= 11 is 3.49. The maximum absolute atomic E-state index is 10.0. The fourth-order valence-corrected chi connectivity index (χ4v) is 0.355. The van der Waals surface area contributed by atoms with Crippen LogP contribution in [0.25, 0.3) is 0 Å². The molecule has 2 nitrogen and oxygen atoms in total. The predicted molar refractivity (Wildman–Crippen MR) is 37.2 cm³/mol. The molecule has 0 rings (SSSR count). The Morgan fingerprint density at radius 1 is 1.88 bits per heavy atom. The van der Waals surface area contributed by atoms with Crippen molar-refractivity contribution in [3.05, 3.63) is 12.2 Å². The summed E-state index contributed by atoms with van der Waals surface area (Å²) in [6.07, 6.45) is 3.71. The fourth-order valence-electron chi connectivity index (χ4n) is 0.264. The highest BCUT2D eigenvalue weighted by molar-refractivity contribution is 7.96. The predicted octanol–water partition coefficient (Wildman–Crippen LogP) is 1.20. The zero-order chi connectivity index (χ0) is 6.41. The highest BCUT2D eigenvalue weighted by atomic mass is 32.1. The molecule has 3 heteroatoms. The van der Waals surface area contributed by atoms with Crippen molar-refractivity contribution < 1.29 is 4.79 Å². The molecule has 0 aromatic heterocycles. The number of carbonyl (C=O) groups is 1. The lowest BCUT2D eigenvalue weighted by Crippen LogP contribution is -2.15. The molecule has 0 aliphatic carbocycles. The standard InChI is InChI=1S/C5H9NOS/c1-2-3-4-6-5(7)8/h2-3H,4H2,1H3,(H2,6,7,8)/b3-2+. The van der Waals surface area contributed by atoms with Gasteiger partial charge in [-0.2, -0.15) is 0 Å². The van der Waals surface area contributed by atoms with E-state index in [4.69, 9.17) is 0 Å². The highest BCUT2D eigenvalue weighted by Gasteiger charge is 1.82. The second-order valence-corrected chi connectivity index (χ2v) is 1.66. The molecule has 0 radical (unpaired) electrons. The lowest BCUT2D eigenvalue weighted by atomic mass is 10.5. The molecule has 0 spiro atoms. The summed E-state index contributed by atoms with van der Waals surface area (Å²) in [7, 11) is 0. The molecule has 46 valence electrons. The highest BCUT2D eigenvalue weighted by Crippen LogP contribution is 1.74. The lowest BCUT2D eigenvalue weighted by molar-refractivity contribution is 0.262. The van der Waals surface area contributed by atoms with Gasteiger partial charge in [-0.25, -0.2) is 0 Å². The quantitative estimate of drug-likeness (QED) is 0.428. The molecular formula is C5H9NOS. The molecule has 0 unspecified atom stereocenters. The second kappa shape index (κ2) is 4.71. The number of hydrogen-bond acceptors (Lipinski definition) is 1. The summed E-state index contributed by atoms with van der Waals surface area (Å²) in [6.45, 7) is 2.46. The Morgan fingerprint density at radius 2 is 2.50 bits per heavy atom. The third kappa shape index (κ3) is 5.56. The molecule has 0 bridgehead atoms. The van der Waals surface area contributed by atoms with Crippen molar-refractivity contribution in [3.8, 4) is 0 Å². The first-order valence-electron chi connectivity index (χ1n) is 2.35. The van der Waals surface area contributed by atoms with Crippen LogP contribution in [-0.4, -0.2) is 11.8 Å². The summed E-state index contributed by atoms with van der Waals surface area (Å²) in [5, 5.41) is 2.20. The van der Waals surface area contributed by atoms with Gasteiger partial charge in [0.1, 0.15) is 0 Å². The molecule has 0 heterocycles. The molecule has 8 heavy (non-hydrogen) atoms. The van der Waals surface area contributed by atoms with Gasteiger partial charge in [0, 0.05) is 6.54 Å². The average Bonchev–Trinajstić information content (AvgIpc) is 1.66. The van der Waals surface area contributed by atoms with Crippen LogP contribution >= 0.6 is 12.6 Å². The van der Waals surface area contributed by atoms with E-state index < -0.39 is 0 Å². The van der Waals surface area contributed by atoms with Crippen LogP contribution in [0.5, 0.6) is 0 Å². The number of carbonyl (C=O) groups excluding carboxylic acids is 1. The number of rotatable bonds is 2. The molecule has 0 aliphatic rings. The Hall–Kier alpha value is -0.440. The molecule has 1 N–H and O–H groups in total. The van der Waals surface area contributed by atoms with Crippen LogP contribution in [0, 0.1) is 0 Å². The zero-order valence-corrected chi connectivity index (χ0v) is 5.61. The van der Waals surface area contributed by atoms with E-state index in [1.54, 1.807) is 0 Å². The van der Waals surface area contributed by atoms with Crippen LogP contribution in [0.3, 0.4) is 0 Å². The largest absolute Gasteiger partial charge is 0.344 e. The number of hydrogen-bond donors (Lipinski definition) is 2. The van der Waals surface area contributed by atoms with Crippen LogP contribution in [0.2, 0.25) is 0 Å². The van der Waals surface area contributed by atoms with Gasteiger partial charge in [-0.15, -0.1) is 0 Å². The normalized spacial score (nSPS) is 9.75. The van der Waals surface area contributed by atoms with E-state index in [2.05, 4.69) is 17.9 Å². The first-order chi connectivity index (χ1) is 3.77. The van der Waals surface area contributed by atoms with Gasteiger partial charge in [0.2, 0.25) is 0 Å². The Kier molecular flexibility index (Phi) is 4.45. The third-order valence-corrected chi connectivity index (χ3v) is 0.765. The minimum Gasteiger partial charge on any atom is -0.344 e. The van der Waals surface area contributed by atoms with E-state index in [1.807, 2.05) is 19.1 Å². The van der Waals surface area contributed by atoms with Crippen molar-refractivity contribution in [3.63, 3.8) is 0 Å². The summed E-state index contributed by atoms with van der Waals surface area (Å²) in [4.78, 5) is 10.0. The Balaban J connectivity index is 3.05. The molecule has 0 fully saturated rings. The molecule has 0 aromatic rings. The van der Waals surface area contributed by atoms with E-state index in [0.29, 0.717) is 6.54 Å². The number of allylic oxidation sites excluding steroid dienone is 1. The lowest BCUT2D eigenvalue weighted by Gasteiger charge is -1.90. The Labute approximate surface area is 54.4 Å². The van der Waals surface area contributed by atoms with Gasteiger partial charge in [0.25, 0.3) is 5.24 Å². The summed E-state index contributed by atoms with van der Waals surface area (Å²) in [5.74, 6) is 0. The van der Waals surface area contributed by atoms with Crippen LogP contribution < -0.4 is 5.32 Å². The molecule has 1 amide bonds. The second-order valence-electron chi connectivity index (χ2n) is 1.26. The molecule has 0 saturated heterocycles. The van der Waals surface area contributed by atoms with Crippen LogP contribution in [0.4, 0.5) is 4.79 Å². The van der Waals surface area contributed by atoms with Crippen molar-refractivity contribution in [2.75, 3.05) is 6.54 Å². The maximum atomic E-state index is 10.0. The smallest absolute Gasteiger partial charge is 0.276 e. The molecule has 0 aromatic carbocycles. The zero-order valence-electron chi connectivity index (χ0n) is 4.72. The first-order valence-corrected chi connectivity index (χ1v) is 2.80. The maximum Gasteiger partial charge on any atom is 0.276 e. The summed E-state index contributed by atoms with van der Waals surface area (Å²) in [6, 6.07) is 0. The van der Waals surface area contributed by atoms with Gasteiger partial charge in [0.05, 0.1) is 0 Å². The van der Waals surface area contributed by atoms with Gasteiger partial charge < -0.3 is 5.32 Å². The Morgan fingerprint density at radius 3 is 2.88 bits per heavy atom. The number of thiol groups is 1. The Bertz CT molecular complexity index is 101. The first kappa shape index (κ1) is 7.56. The molecular weight excluding hydrogens is 122 g/mol. The summed E-state index contributed by atoms with van der Waals surface area (Å²) < 4.78 is 0. The molecule has 0 saturated carbocycles. The number of nitrogens with one attached hydrogen (secondary N) is 1. The van der Waals surface area contributed by atoms with E-state index >= 15 is 0 Å². The van der Waals surface area contributed by atoms with Gasteiger partial charge in [0.15, 0.2) is 0 Å². The van der Waals surface area contributed by atoms with Crippen molar-refractivity contribution in [1.82, 2.24) is 5.32 Å². The van der Waals surface area contributed by atoms with Crippen molar-refractivity contribution in [2.45, 2.75) is 6.92 Å². The average molecular weight is 131 g/mol. The van der Waals surface area contributed by atoms with Gasteiger partial charge in [-0.3, -0.25) is 4.79 Å². The van der Waals surface area contributed by atoms with E-state index in [1.165, 1.54) is 0 Å². The van der Waals surface area contributed by atoms with Crippen molar-refractivity contribution in [2.24, 2.45) is 0 Å².